The fourth-order valence-corrected chi connectivity index (χ4v) is 3.33. The van der Waals surface area contributed by atoms with Gasteiger partial charge in [-0.2, -0.15) is 0 Å². The third-order valence-electron chi connectivity index (χ3n) is 4.77. The zero-order valence-corrected chi connectivity index (χ0v) is 14.9. The van der Waals surface area contributed by atoms with E-state index in [1.54, 1.807) is 6.20 Å². The molecule has 2 aromatic heterocycles. The molecule has 0 aliphatic carbocycles. The summed E-state index contributed by atoms with van der Waals surface area (Å²) in [5.41, 5.74) is 16.2. The van der Waals surface area contributed by atoms with Crippen molar-refractivity contribution in [1.29, 1.82) is 0 Å². The minimum absolute atomic E-state index is 0.432. The van der Waals surface area contributed by atoms with Crippen molar-refractivity contribution in [1.82, 2.24) is 15.3 Å². The lowest BCUT2D eigenvalue weighted by Crippen LogP contribution is -2.44. The Morgan fingerprint density at radius 1 is 1.04 bits per heavy atom. The fraction of sp³-hybridized carbons (Fsp3) is 0.200. The molecule has 0 atom stereocenters. The van der Waals surface area contributed by atoms with Gasteiger partial charge in [-0.3, -0.25) is 9.78 Å². The van der Waals surface area contributed by atoms with Crippen LogP contribution in [-0.2, 0) is 0 Å². The van der Waals surface area contributed by atoms with Gasteiger partial charge in [0.2, 0.25) is 0 Å². The van der Waals surface area contributed by atoms with E-state index in [0.29, 0.717) is 11.3 Å². The number of piperazine rings is 1. The Morgan fingerprint density at radius 3 is 2.48 bits per heavy atom. The van der Waals surface area contributed by atoms with Gasteiger partial charge in [-0.05, 0) is 30.3 Å². The Labute approximate surface area is 157 Å². The number of hydrogen-bond donors (Lipinski definition) is 4. The molecule has 7 heteroatoms. The van der Waals surface area contributed by atoms with Gasteiger partial charge in [-0.15, -0.1) is 0 Å². The maximum atomic E-state index is 12.0. The molecule has 1 fully saturated rings. The van der Waals surface area contributed by atoms with Crippen LogP contribution in [0.25, 0.3) is 22.5 Å². The molecule has 1 saturated heterocycles. The van der Waals surface area contributed by atoms with Crippen LogP contribution in [0.2, 0.25) is 0 Å². The van der Waals surface area contributed by atoms with Crippen LogP contribution < -0.4 is 21.7 Å². The number of nitrogen functional groups attached to an aromatic ring is 1. The third-order valence-corrected chi connectivity index (χ3v) is 4.77. The molecule has 0 saturated carbocycles. The second-order valence-electron chi connectivity index (χ2n) is 6.60. The van der Waals surface area contributed by atoms with E-state index in [4.69, 9.17) is 11.5 Å². The summed E-state index contributed by atoms with van der Waals surface area (Å²) >= 11 is 0. The van der Waals surface area contributed by atoms with Crippen LogP contribution >= 0.6 is 0 Å². The second-order valence-corrected chi connectivity index (χ2v) is 6.60. The molecule has 4 rings (SSSR count). The van der Waals surface area contributed by atoms with E-state index in [1.165, 1.54) is 0 Å². The molecule has 0 unspecified atom stereocenters. The molecular weight excluding hydrogens is 340 g/mol. The Bertz CT molecular complexity index is 957. The molecule has 0 radical (unpaired) electrons. The molecule has 1 amide bonds. The highest BCUT2D eigenvalue weighted by atomic mass is 16.1. The summed E-state index contributed by atoms with van der Waals surface area (Å²) in [5, 5.41) is 3.31. The van der Waals surface area contributed by atoms with Crippen molar-refractivity contribution in [2.75, 3.05) is 36.8 Å². The van der Waals surface area contributed by atoms with Gasteiger partial charge in [-0.25, -0.2) is 0 Å². The van der Waals surface area contributed by atoms with Crippen LogP contribution in [0, 0.1) is 0 Å². The number of nitrogens with zero attached hydrogens (tertiary/aromatic N) is 2. The summed E-state index contributed by atoms with van der Waals surface area (Å²) in [5.74, 6) is 0.351. The van der Waals surface area contributed by atoms with Gasteiger partial charge >= 0.3 is 0 Å². The molecule has 6 N–H and O–H groups in total. The SMILES string of the molecule is NC(=O)c1cc(-c2ccnc(-c3ccc(N)cc3)c2)[nH]c1N1CCNCC1. The molecule has 1 aliphatic heterocycles. The summed E-state index contributed by atoms with van der Waals surface area (Å²) in [6.07, 6.45) is 1.76. The highest BCUT2D eigenvalue weighted by Gasteiger charge is 2.21. The summed E-state index contributed by atoms with van der Waals surface area (Å²) in [6.45, 7) is 3.41. The Morgan fingerprint density at radius 2 is 1.78 bits per heavy atom. The smallest absolute Gasteiger partial charge is 0.252 e. The normalized spacial score (nSPS) is 14.3. The number of primary amides is 1. The molecular formula is C20H22N6O. The van der Waals surface area contributed by atoms with E-state index in [-0.39, 0.29) is 0 Å². The summed E-state index contributed by atoms with van der Waals surface area (Å²) in [7, 11) is 0. The van der Waals surface area contributed by atoms with Gasteiger partial charge in [0.05, 0.1) is 11.3 Å². The lowest BCUT2D eigenvalue weighted by molar-refractivity contribution is 0.100. The number of aromatic amines is 1. The maximum Gasteiger partial charge on any atom is 0.252 e. The summed E-state index contributed by atoms with van der Waals surface area (Å²) in [4.78, 5) is 22.0. The van der Waals surface area contributed by atoms with Gasteiger partial charge in [0, 0.05) is 54.9 Å². The Balaban J connectivity index is 1.72. The van der Waals surface area contributed by atoms with Gasteiger partial charge in [0.15, 0.2) is 0 Å². The van der Waals surface area contributed by atoms with Crippen molar-refractivity contribution in [2.45, 2.75) is 0 Å². The van der Waals surface area contributed by atoms with Crippen molar-refractivity contribution >= 4 is 17.4 Å². The van der Waals surface area contributed by atoms with Crippen LogP contribution in [0.5, 0.6) is 0 Å². The standard InChI is InChI=1S/C20H22N6O/c21-15-3-1-13(2-4-15)17-11-14(5-6-24-17)18-12-16(19(22)27)20(25-18)26-9-7-23-8-10-26/h1-6,11-12,23,25H,7-10,21H2,(H2,22,27). The van der Waals surface area contributed by atoms with E-state index in [2.05, 4.69) is 20.2 Å². The van der Waals surface area contributed by atoms with E-state index in [0.717, 1.165) is 54.5 Å². The molecule has 3 heterocycles. The van der Waals surface area contributed by atoms with Gasteiger partial charge in [0.1, 0.15) is 5.82 Å². The first-order valence-corrected chi connectivity index (χ1v) is 8.92. The predicted octanol–water partition coefficient (Wildman–Crippen LogP) is 1.83. The minimum atomic E-state index is -0.432. The van der Waals surface area contributed by atoms with E-state index >= 15 is 0 Å². The first kappa shape index (κ1) is 17.1. The molecule has 138 valence electrons. The van der Waals surface area contributed by atoms with Crippen LogP contribution in [0.1, 0.15) is 10.4 Å². The predicted molar refractivity (Wildman–Crippen MR) is 107 cm³/mol. The van der Waals surface area contributed by atoms with Crippen molar-refractivity contribution in [2.24, 2.45) is 5.73 Å². The first-order valence-electron chi connectivity index (χ1n) is 8.92. The topological polar surface area (TPSA) is 113 Å². The quantitative estimate of drug-likeness (QED) is 0.529. The number of hydrogen-bond acceptors (Lipinski definition) is 5. The maximum absolute atomic E-state index is 12.0. The third kappa shape index (κ3) is 3.50. The number of benzene rings is 1. The number of nitrogens with two attached hydrogens (primary N) is 2. The van der Waals surface area contributed by atoms with E-state index < -0.39 is 5.91 Å². The van der Waals surface area contributed by atoms with Crippen LogP contribution in [0.4, 0.5) is 11.5 Å². The molecule has 3 aromatic rings. The average Bonchev–Trinajstić information content (AvgIpc) is 3.15. The van der Waals surface area contributed by atoms with Crippen LogP contribution in [-0.4, -0.2) is 42.1 Å². The molecule has 0 spiro atoms. The molecule has 27 heavy (non-hydrogen) atoms. The zero-order chi connectivity index (χ0) is 18.8. The number of pyridine rings is 1. The number of carbonyl (C=O) groups is 1. The average molecular weight is 362 g/mol. The molecule has 1 aliphatic rings. The fourth-order valence-electron chi connectivity index (χ4n) is 3.33. The largest absolute Gasteiger partial charge is 0.399 e. The summed E-state index contributed by atoms with van der Waals surface area (Å²) in [6, 6.07) is 13.3. The van der Waals surface area contributed by atoms with E-state index in [9.17, 15) is 4.79 Å². The lowest BCUT2D eigenvalue weighted by Gasteiger charge is -2.28. The van der Waals surface area contributed by atoms with Gasteiger partial charge in [0.25, 0.3) is 5.91 Å². The number of amides is 1. The van der Waals surface area contributed by atoms with Crippen molar-refractivity contribution in [3.63, 3.8) is 0 Å². The van der Waals surface area contributed by atoms with Crippen molar-refractivity contribution < 1.29 is 4.79 Å². The molecule has 0 bridgehead atoms. The molecule has 1 aromatic carbocycles. The number of aromatic nitrogens is 2. The van der Waals surface area contributed by atoms with Crippen molar-refractivity contribution in [3.05, 3.63) is 54.2 Å². The molecule has 7 nitrogen and oxygen atoms in total. The highest BCUT2D eigenvalue weighted by Crippen LogP contribution is 2.30. The number of carbonyl (C=O) groups excluding carboxylic acids is 1. The monoisotopic (exact) mass is 362 g/mol. The Hall–Kier alpha value is -3.32. The lowest BCUT2D eigenvalue weighted by atomic mass is 10.1. The van der Waals surface area contributed by atoms with Crippen molar-refractivity contribution in [3.8, 4) is 22.5 Å². The van der Waals surface area contributed by atoms with Gasteiger partial charge < -0.3 is 26.7 Å². The number of rotatable bonds is 4. The number of H-pyrrole nitrogens is 1. The summed E-state index contributed by atoms with van der Waals surface area (Å²) < 4.78 is 0. The van der Waals surface area contributed by atoms with Crippen LogP contribution in [0.3, 0.4) is 0 Å². The zero-order valence-electron chi connectivity index (χ0n) is 14.9. The Kier molecular flexibility index (Phi) is 4.52. The second kappa shape index (κ2) is 7.13. The number of nitrogens with one attached hydrogen (secondary N) is 2. The van der Waals surface area contributed by atoms with Gasteiger partial charge in [-0.1, -0.05) is 12.1 Å². The van der Waals surface area contributed by atoms with Crippen LogP contribution in [0.15, 0.2) is 48.7 Å². The van der Waals surface area contributed by atoms with E-state index in [1.807, 2.05) is 42.5 Å². The number of anilines is 2. The minimum Gasteiger partial charge on any atom is -0.399 e. The highest BCUT2D eigenvalue weighted by molar-refractivity contribution is 5.99. The first-order chi connectivity index (χ1) is 13.1.